The van der Waals surface area contributed by atoms with Gasteiger partial charge in [-0.3, -0.25) is 0 Å². The molecule has 1 aromatic rings. The molecule has 1 aliphatic heterocycles. The Morgan fingerprint density at radius 1 is 1.50 bits per heavy atom. The minimum atomic E-state index is -3.52. The number of nitrogens with one attached hydrogen (secondary N) is 1. The topological polar surface area (TPSA) is 81.4 Å². The van der Waals surface area contributed by atoms with Crippen molar-refractivity contribution in [2.45, 2.75) is 50.3 Å². The van der Waals surface area contributed by atoms with E-state index in [9.17, 15) is 8.42 Å². The van der Waals surface area contributed by atoms with Crippen LogP contribution in [0.5, 0.6) is 0 Å². The monoisotopic (exact) mass is 298 g/mol. The van der Waals surface area contributed by atoms with Crippen molar-refractivity contribution in [3.05, 3.63) is 29.3 Å². The van der Waals surface area contributed by atoms with Crippen LogP contribution in [0.15, 0.2) is 23.1 Å². The summed E-state index contributed by atoms with van der Waals surface area (Å²) < 4.78 is 33.1. The molecular weight excluding hydrogens is 276 g/mol. The summed E-state index contributed by atoms with van der Waals surface area (Å²) in [5.41, 5.74) is 7.19. The molecule has 2 unspecified atom stereocenters. The molecule has 1 saturated heterocycles. The molecule has 0 aromatic heterocycles. The Morgan fingerprint density at radius 2 is 2.25 bits per heavy atom. The number of hydrogen-bond donors (Lipinski definition) is 2. The fourth-order valence-corrected chi connectivity index (χ4v) is 4.02. The first-order chi connectivity index (χ1) is 9.44. The number of sulfonamides is 1. The Balaban J connectivity index is 2.17. The largest absolute Gasteiger partial charge is 0.377 e. The highest BCUT2D eigenvalue weighted by Crippen LogP contribution is 2.20. The summed E-state index contributed by atoms with van der Waals surface area (Å²) >= 11 is 0. The van der Waals surface area contributed by atoms with Crippen LogP contribution in [0.1, 0.15) is 30.9 Å². The maximum Gasteiger partial charge on any atom is 0.241 e. The molecule has 3 N–H and O–H groups in total. The maximum absolute atomic E-state index is 12.4. The Labute approximate surface area is 120 Å². The second kappa shape index (κ2) is 6.22. The summed E-state index contributed by atoms with van der Waals surface area (Å²) in [7, 11) is -3.52. The van der Waals surface area contributed by atoms with E-state index >= 15 is 0 Å². The van der Waals surface area contributed by atoms with E-state index in [1.807, 2.05) is 13.0 Å². The van der Waals surface area contributed by atoms with Gasteiger partial charge in [-0.1, -0.05) is 12.1 Å². The Morgan fingerprint density at radius 3 is 2.80 bits per heavy atom. The summed E-state index contributed by atoms with van der Waals surface area (Å²) in [5.74, 6) is 0. The average molecular weight is 298 g/mol. The molecule has 1 aromatic carbocycles. The number of aryl methyl sites for hydroxylation is 1. The number of benzene rings is 1. The first-order valence-corrected chi connectivity index (χ1v) is 8.36. The molecule has 2 rings (SSSR count). The van der Waals surface area contributed by atoms with Crippen molar-refractivity contribution in [2.75, 3.05) is 6.61 Å². The number of nitrogens with two attached hydrogens (primary N) is 1. The Bertz CT molecular complexity index is 566. The highest BCUT2D eigenvalue weighted by atomic mass is 32.2. The van der Waals surface area contributed by atoms with Crippen molar-refractivity contribution < 1.29 is 13.2 Å². The zero-order valence-electron chi connectivity index (χ0n) is 11.9. The van der Waals surface area contributed by atoms with Crippen LogP contribution < -0.4 is 10.5 Å². The third kappa shape index (κ3) is 3.38. The van der Waals surface area contributed by atoms with Gasteiger partial charge in [-0.05, 0) is 43.9 Å². The van der Waals surface area contributed by atoms with Gasteiger partial charge in [0.1, 0.15) is 0 Å². The fraction of sp³-hybridized carbons (Fsp3) is 0.571. The Kier molecular flexibility index (Phi) is 4.80. The lowest BCUT2D eigenvalue weighted by molar-refractivity contribution is 0.0902. The van der Waals surface area contributed by atoms with Gasteiger partial charge >= 0.3 is 0 Å². The first-order valence-electron chi connectivity index (χ1n) is 6.87. The van der Waals surface area contributed by atoms with Gasteiger partial charge < -0.3 is 10.5 Å². The van der Waals surface area contributed by atoms with Crippen LogP contribution in [0.2, 0.25) is 0 Å². The van der Waals surface area contributed by atoms with Crippen LogP contribution in [0.25, 0.3) is 0 Å². The van der Waals surface area contributed by atoms with Crippen molar-refractivity contribution in [3.8, 4) is 0 Å². The van der Waals surface area contributed by atoms with Gasteiger partial charge in [-0.2, -0.15) is 0 Å². The average Bonchev–Trinajstić information content (AvgIpc) is 2.91. The third-order valence-corrected chi connectivity index (χ3v) is 5.35. The van der Waals surface area contributed by atoms with Gasteiger partial charge in [0, 0.05) is 19.2 Å². The number of rotatable bonds is 5. The van der Waals surface area contributed by atoms with Gasteiger partial charge in [0.2, 0.25) is 10.0 Å². The van der Waals surface area contributed by atoms with Gasteiger partial charge in [0.05, 0.1) is 11.0 Å². The van der Waals surface area contributed by atoms with Crippen LogP contribution in [-0.4, -0.2) is 27.2 Å². The summed E-state index contributed by atoms with van der Waals surface area (Å²) in [6, 6.07) is 4.95. The van der Waals surface area contributed by atoms with Crippen LogP contribution in [-0.2, 0) is 21.3 Å². The van der Waals surface area contributed by atoms with Gasteiger partial charge in [-0.15, -0.1) is 0 Å². The van der Waals surface area contributed by atoms with Crippen LogP contribution in [0.3, 0.4) is 0 Å². The molecule has 0 saturated carbocycles. The van der Waals surface area contributed by atoms with Crippen LogP contribution >= 0.6 is 0 Å². The van der Waals surface area contributed by atoms with E-state index in [0.29, 0.717) is 23.6 Å². The minimum Gasteiger partial charge on any atom is -0.377 e. The van der Waals surface area contributed by atoms with Gasteiger partial charge in [0.25, 0.3) is 0 Å². The summed E-state index contributed by atoms with van der Waals surface area (Å²) in [6.45, 7) is 4.74. The quantitative estimate of drug-likeness (QED) is 0.858. The van der Waals surface area contributed by atoms with Crippen molar-refractivity contribution >= 4 is 10.0 Å². The van der Waals surface area contributed by atoms with E-state index in [-0.39, 0.29) is 12.1 Å². The second-order valence-corrected chi connectivity index (χ2v) is 6.95. The molecule has 0 bridgehead atoms. The van der Waals surface area contributed by atoms with Crippen molar-refractivity contribution in [2.24, 2.45) is 5.73 Å². The molecule has 1 aliphatic rings. The standard InChI is InChI=1S/C14H22N2O3S/c1-10-8-12(9-15)5-6-14(10)20(17,18)16-11(2)13-4-3-7-19-13/h5-6,8,11,13,16H,3-4,7,9,15H2,1-2H3. The van der Waals surface area contributed by atoms with E-state index in [4.69, 9.17) is 10.5 Å². The number of hydrogen-bond acceptors (Lipinski definition) is 4. The molecular formula is C14H22N2O3S. The highest BCUT2D eigenvalue weighted by molar-refractivity contribution is 7.89. The molecule has 112 valence electrons. The molecule has 20 heavy (non-hydrogen) atoms. The van der Waals surface area contributed by atoms with Gasteiger partial charge in [0.15, 0.2) is 0 Å². The maximum atomic E-state index is 12.4. The lowest BCUT2D eigenvalue weighted by Gasteiger charge is -2.20. The molecule has 0 radical (unpaired) electrons. The van der Waals surface area contributed by atoms with E-state index in [1.165, 1.54) is 0 Å². The molecule has 0 spiro atoms. The van der Waals surface area contributed by atoms with Crippen molar-refractivity contribution in [1.82, 2.24) is 4.72 Å². The van der Waals surface area contributed by atoms with Crippen molar-refractivity contribution in [1.29, 1.82) is 0 Å². The minimum absolute atomic E-state index is 0.0339. The fourth-order valence-electron chi connectivity index (χ4n) is 2.52. The first kappa shape index (κ1) is 15.4. The van der Waals surface area contributed by atoms with Gasteiger partial charge in [-0.25, -0.2) is 13.1 Å². The zero-order valence-corrected chi connectivity index (χ0v) is 12.7. The number of ether oxygens (including phenoxy) is 1. The molecule has 2 atom stereocenters. The lowest BCUT2D eigenvalue weighted by atomic mass is 10.1. The second-order valence-electron chi connectivity index (χ2n) is 5.27. The van der Waals surface area contributed by atoms with Crippen molar-refractivity contribution in [3.63, 3.8) is 0 Å². The SMILES string of the molecule is Cc1cc(CN)ccc1S(=O)(=O)NC(C)C1CCCO1. The molecule has 5 nitrogen and oxygen atoms in total. The summed E-state index contributed by atoms with van der Waals surface area (Å²) in [5, 5.41) is 0. The smallest absolute Gasteiger partial charge is 0.241 e. The third-order valence-electron chi connectivity index (χ3n) is 3.63. The summed E-state index contributed by atoms with van der Waals surface area (Å²) in [4.78, 5) is 0.305. The van der Waals surface area contributed by atoms with E-state index in [0.717, 1.165) is 18.4 Å². The molecule has 1 fully saturated rings. The highest BCUT2D eigenvalue weighted by Gasteiger charge is 2.27. The zero-order chi connectivity index (χ0) is 14.8. The van der Waals surface area contributed by atoms with E-state index in [1.54, 1.807) is 19.1 Å². The molecule has 6 heteroatoms. The molecule has 0 amide bonds. The van der Waals surface area contributed by atoms with E-state index in [2.05, 4.69) is 4.72 Å². The van der Waals surface area contributed by atoms with E-state index < -0.39 is 10.0 Å². The lowest BCUT2D eigenvalue weighted by Crippen LogP contribution is -2.40. The molecule has 1 heterocycles. The molecule has 0 aliphatic carbocycles. The normalized spacial score (nSPS) is 21.1. The summed E-state index contributed by atoms with van der Waals surface area (Å²) in [6.07, 6.45) is 1.85. The van der Waals surface area contributed by atoms with Crippen LogP contribution in [0.4, 0.5) is 0 Å². The predicted molar refractivity (Wildman–Crippen MR) is 77.8 cm³/mol. The predicted octanol–water partition coefficient (Wildman–Crippen LogP) is 1.30. The van der Waals surface area contributed by atoms with Crippen LogP contribution in [0, 0.1) is 6.92 Å². The Hall–Kier alpha value is -0.950.